The number of sulfone groups is 1. The molecule has 0 heterocycles. The van der Waals surface area contributed by atoms with E-state index in [0.717, 1.165) is 6.42 Å². The van der Waals surface area contributed by atoms with Crippen LogP contribution in [0.4, 0.5) is 0 Å². The quantitative estimate of drug-likeness (QED) is 0.855. The molecule has 0 aliphatic carbocycles. The van der Waals surface area contributed by atoms with E-state index >= 15 is 0 Å². The van der Waals surface area contributed by atoms with E-state index in [1.54, 1.807) is 38.2 Å². The maximum atomic E-state index is 12.3. The summed E-state index contributed by atoms with van der Waals surface area (Å²) >= 11 is 0. The Hall–Kier alpha value is -0.870. The molecular formula is C12H19NO2S. The maximum absolute atomic E-state index is 12.3. The first-order valence-corrected chi connectivity index (χ1v) is 7.04. The van der Waals surface area contributed by atoms with Crippen LogP contribution >= 0.6 is 0 Å². The van der Waals surface area contributed by atoms with E-state index in [2.05, 4.69) is 5.32 Å². The minimum atomic E-state index is -3.22. The zero-order valence-electron chi connectivity index (χ0n) is 9.97. The van der Waals surface area contributed by atoms with Crippen molar-refractivity contribution in [1.29, 1.82) is 0 Å². The Kier molecular flexibility index (Phi) is 4.50. The van der Waals surface area contributed by atoms with Crippen LogP contribution in [0.15, 0.2) is 35.2 Å². The van der Waals surface area contributed by atoms with Crippen molar-refractivity contribution >= 4 is 9.84 Å². The summed E-state index contributed by atoms with van der Waals surface area (Å²) in [5.41, 5.74) is 0. The summed E-state index contributed by atoms with van der Waals surface area (Å²) in [5, 5.41) is 2.64. The third-order valence-electron chi connectivity index (χ3n) is 2.94. The molecule has 0 bridgehead atoms. The Bertz CT molecular complexity index is 410. The van der Waals surface area contributed by atoms with Crippen molar-refractivity contribution < 1.29 is 8.42 Å². The van der Waals surface area contributed by atoms with E-state index < -0.39 is 15.1 Å². The molecule has 0 aliphatic rings. The average molecular weight is 241 g/mol. The molecule has 0 radical (unpaired) electrons. The van der Waals surface area contributed by atoms with Crippen molar-refractivity contribution in [3.63, 3.8) is 0 Å². The lowest BCUT2D eigenvalue weighted by molar-refractivity contribution is 0.505. The van der Waals surface area contributed by atoms with Crippen molar-refractivity contribution in [2.24, 2.45) is 0 Å². The third kappa shape index (κ3) is 2.62. The first-order chi connectivity index (χ1) is 7.54. The lowest BCUT2D eigenvalue weighted by Crippen LogP contribution is -2.40. The zero-order chi connectivity index (χ0) is 12.2. The molecule has 0 aliphatic heterocycles. The van der Waals surface area contributed by atoms with Gasteiger partial charge >= 0.3 is 0 Å². The highest BCUT2D eigenvalue weighted by atomic mass is 32.2. The van der Waals surface area contributed by atoms with Gasteiger partial charge in [0.25, 0.3) is 0 Å². The molecule has 3 nitrogen and oxygen atoms in total. The predicted octanol–water partition coefficient (Wildman–Crippen LogP) is 1.85. The second-order valence-electron chi connectivity index (χ2n) is 3.87. The Labute approximate surface area is 97.8 Å². The molecule has 16 heavy (non-hydrogen) atoms. The van der Waals surface area contributed by atoms with Crippen molar-refractivity contribution in [2.75, 3.05) is 7.05 Å². The van der Waals surface area contributed by atoms with Crippen LogP contribution in [-0.4, -0.2) is 26.8 Å². The lowest BCUT2D eigenvalue weighted by atomic mass is 10.2. The summed E-state index contributed by atoms with van der Waals surface area (Å²) in [5.74, 6) is 0. The summed E-state index contributed by atoms with van der Waals surface area (Å²) in [6, 6.07) is 8.60. The van der Waals surface area contributed by atoms with Crippen LogP contribution in [0.5, 0.6) is 0 Å². The summed E-state index contributed by atoms with van der Waals surface area (Å²) in [6.45, 7) is 3.74. The molecule has 0 saturated carbocycles. The SMILES string of the molecule is CCC(NC)C(C)S(=O)(=O)c1ccccc1. The Morgan fingerprint density at radius 2 is 1.81 bits per heavy atom. The zero-order valence-corrected chi connectivity index (χ0v) is 10.8. The molecule has 2 atom stereocenters. The molecule has 1 aromatic carbocycles. The van der Waals surface area contributed by atoms with Gasteiger partial charge in [-0.25, -0.2) is 8.42 Å². The first kappa shape index (κ1) is 13.2. The van der Waals surface area contributed by atoms with Gasteiger partial charge in [-0.15, -0.1) is 0 Å². The molecule has 0 spiro atoms. The Morgan fingerprint density at radius 3 is 2.25 bits per heavy atom. The van der Waals surface area contributed by atoms with Gasteiger partial charge < -0.3 is 5.32 Å². The van der Waals surface area contributed by atoms with E-state index in [9.17, 15) is 8.42 Å². The minimum Gasteiger partial charge on any atom is -0.316 e. The summed E-state index contributed by atoms with van der Waals surface area (Å²) in [6.07, 6.45) is 0.795. The Balaban J connectivity index is 3.03. The van der Waals surface area contributed by atoms with Crippen molar-refractivity contribution in [2.45, 2.75) is 36.5 Å². The molecule has 0 aromatic heterocycles. The molecule has 1 aromatic rings. The largest absolute Gasteiger partial charge is 0.316 e. The molecule has 0 saturated heterocycles. The van der Waals surface area contributed by atoms with E-state index in [1.165, 1.54) is 0 Å². The van der Waals surface area contributed by atoms with Gasteiger partial charge in [0.1, 0.15) is 0 Å². The van der Waals surface area contributed by atoms with Crippen LogP contribution in [0.3, 0.4) is 0 Å². The molecule has 4 heteroatoms. The standard InChI is InChI=1S/C12H19NO2S/c1-4-12(13-3)10(2)16(14,15)11-8-6-5-7-9-11/h5-10,12-13H,4H2,1-3H3. The van der Waals surface area contributed by atoms with Gasteiger partial charge in [-0.05, 0) is 32.5 Å². The molecule has 0 amide bonds. The van der Waals surface area contributed by atoms with Gasteiger partial charge in [0.2, 0.25) is 0 Å². The highest BCUT2D eigenvalue weighted by Gasteiger charge is 2.28. The smallest absolute Gasteiger partial charge is 0.182 e. The van der Waals surface area contributed by atoms with Gasteiger partial charge in [-0.2, -0.15) is 0 Å². The summed E-state index contributed by atoms with van der Waals surface area (Å²) < 4.78 is 24.5. The van der Waals surface area contributed by atoms with Crippen LogP contribution in [0.25, 0.3) is 0 Å². The highest BCUT2D eigenvalue weighted by Crippen LogP contribution is 2.18. The fourth-order valence-corrected chi connectivity index (χ4v) is 3.54. The second-order valence-corrected chi connectivity index (χ2v) is 6.17. The number of hydrogen-bond acceptors (Lipinski definition) is 3. The van der Waals surface area contributed by atoms with Crippen LogP contribution in [0, 0.1) is 0 Å². The molecular weight excluding hydrogens is 222 g/mol. The van der Waals surface area contributed by atoms with Gasteiger partial charge in [0.15, 0.2) is 9.84 Å². The summed E-state index contributed by atoms with van der Waals surface area (Å²) in [4.78, 5) is 0.399. The van der Waals surface area contributed by atoms with E-state index in [-0.39, 0.29) is 6.04 Å². The average Bonchev–Trinajstić information content (AvgIpc) is 2.31. The second kappa shape index (κ2) is 5.46. The van der Waals surface area contributed by atoms with E-state index in [1.807, 2.05) is 13.0 Å². The van der Waals surface area contributed by atoms with Crippen molar-refractivity contribution in [3.8, 4) is 0 Å². The van der Waals surface area contributed by atoms with Crippen LogP contribution in [-0.2, 0) is 9.84 Å². The van der Waals surface area contributed by atoms with E-state index in [0.29, 0.717) is 4.90 Å². The molecule has 90 valence electrons. The monoisotopic (exact) mass is 241 g/mol. The van der Waals surface area contributed by atoms with Crippen molar-refractivity contribution in [3.05, 3.63) is 30.3 Å². The fourth-order valence-electron chi connectivity index (χ4n) is 1.81. The van der Waals surface area contributed by atoms with Crippen LogP contribution in [0.2, 0.25) is 0 Å². The predicted molar refractivity (Wildman–Crippen MR) is 66.2 cm³/mol. The number of benzene rings is 1. The van der Waals surface area contributed by atoms with Crippen molar-refractivity contribution in [1.82, 2.24) is 5.32 Å². The van der Waals surface area contributed by atoms with Gasteiger partial charge in [-0.3, -0.25) is 0 Å². The normalized spacial score (nSPS) is 15.7. The molecule has 2 unspecified atom stereocenters. The van der Waals surface area contributed by atoms with Gasteiger partial charge in [0, 0.05) is 6.04 Å². The van der Waals surface area contributed by atoms with E-state index in [4.69, 9.17) is 0 Å². The minimum absolute atomic E-state index is 0.00907. The molecule has 1 N–H and O–H groups in total. The fraction of sp³-hybridized carbons (Fsp3) is 0.500. The third-order valence-corrected chi connectivity index (χ3v) is 5.18. The lowest BCUT2D eigenvalue weighted by Gasteiger charge is -2.22. The highest BCUT2D eigenvalue weighted by molar-refractivity contribution is 7.92. The van der Waals surface area contributed by atoms with Crippen LogP contribution < -0.4 is 5.32 Å². The maximum Gasteiger partial charge on any atom is 0.182 e. The summed E-state index contributed by atoms with van der Waals surface area (Å²) in [7, 11) is -1.43. The number of nitrogens with one attached hydrogen (secondary N) is 1. The molecule has 1 rings (SSSR count). The molecule has 0 fully saturated rings. The first-order valence-electron chi connectivity index (χ1n) is 5.50. The van der Waals surface area contributed by atoms with Gasteiger partial charge in [-0.1, -0.05) is 25.1 Å². The number of rotatable bonds is 5. The number of hydrogen-bond donors (Lipinski definition) is 1. The Morgan fingerprint density at radius 1 is 1.25 bits per heavy atom. The van der Waals surface area contributed by atoms with Gasteiger partial charge in [0.05, 0.1) is 10.1 Å². The van der Waals surface area contributed by atoms with Crippen LogP contribution in [0.1, 0.15) is 20.3 Å². The topological polar surface area (TPSA) is 46.2 Å².